The molecule has 0 aromatic carbocycles. The monoisotopic (exact) mass is 386 g/mol. The van der Waals surface area contributed by atoms with Crippen molar-refractivity contribution >= 4 is 22.3 Å². The Kier molecular flexibility index (Phi) is 5.97. The molecule has 2 aromatic rings. The molecule has 0 amide bonds. The van der Waals surface area contributed by atoms with E-state index in [1.54, 1.807) is 0 Å². The zero-order chi connectivity index (χ0) is 18.5. The third-order valence-corrected chi connectivity index (χ3v) is 6.61. The minimum Gasteiger partial charge on any atom is -0.363 e. The van der Waals surface area contributed by atoms with Gasteiger partial charge < -0.3 is 15.5 Å². The van der Waals surface area contributed by atoms with Crippen LogP contribution in [0.15, 0.2) is 34.8 Å². The number of rotatable bonds is 5. The summed E-state index contributed by atoms with van der Waals surface area (Å²) < 4.78 is 2.15. The van der Waals surface area contributed by atoms with Crippen molar-refractivity contribution in [2.75, 3.05) is 25.0 Å². The van der Waals surface area contributed by atoms with E-state index in [1.807, 2.05) is 18.4 Å². The number of hydrogen-bond acceptors (Lipinski definition) is 4. The highest BCUT2D eigenvalue weighted by Crippen LogP contribution is 2.28. The number of thiophene rings is 1. The Balaban J connectivity index is 1.23. The van der Waals surface area contributed by atoms with E-state index >= 15 is 0 Å². The number of nitrogens with zero attached hydrogens (tertiary/aromatic N) is 4. The molecule has 2 fully saturated rings. The normalized spacial score (nSPS) is 19.6. The standard InChI is InChI=1S/C20H30N6S/c1-21-20(22-15-17-10-13-26(24-17)18-5-2-3-6-18)23-16-8-11-25(12-9-16)19-7-4-14-27-19/h4,7,10,13-14,16,18H,2-3,5-6,8-9,11-12,15H2,1H3,(H2,21,22,23). The molecule has 0 spiro atoms. The molecule has 1 aliphatic carbocycles. The third-order valence-electron chi connectivity index (χ3n) is 5.68. The van der Waals surface area contributed by atoms with Gasteiger partial charge in [0.1, 0.15) is 0 Å². The van der Waals surface area contributed by atoms with E-state index in [0.717, 1.165) is 37.6 Å². The minimum atomic E-state index is 0.475. The van der Waals surface area contributed by atoms with E-state index in [-0.39, 0.29) is 0 Å². The van der Waals surface area contributed by atoms with Crippen LogP contribution in [0.4, 0.5) is 5.00 Å². The van der Waals surface area contributed by atoms with Crippen LogP contribution in [0.1, 0.15) is 50.3 Å². The largest absolute Gasteiger partial charge is 0.363 e. The van der Waals surface area contributed by atoms with E-state index in [9.17, 15) is 0 Å². The number of anilines is 1. The van der Waals surface area contributed by atoms with Crippen molar-refractivity contribution in [1.29, 1.82) is 0 Å². The zero-order valence-corrected chi connectivity index (χ0v) is 16.9. The Morgan fingerprint density at radius 2 is 2.04 bits per heavy atom. The Morgan fingerprint density at radius 3 is 2.74 bits per heavy atom. The van der Waals surface area contributed by atoms with Gasteiger partial charge in [-0.3, -0.25) is 9.67 Å². The average molecular weight is 387 g/mol. The molecular weight excluding hydrogens is 356 g/mol. The Hall–Kier alpha value is -2.02. The number of guanidine groups is 1. The fraction of sp³-hybridized carbons (Fsp3) is 0.600. The maximum absolute atomic E-state index is 4.75. The average Bonchev–Trinajstić information content (AvgIpc) is 3.47. The van der Waals surface area contributed by atoms with Crippen molar-refractivity contribution in [1.82, 2.24) is 20.4 Å². The summed E-state index contributed by atoms with van der Waals surface area (Å²) in [5.74, 6) is 0.875. The van der Waals surface area contributed by atoms with Crippen molar-refractivity contribution in [3.05, 3.63) is 35.5 Å². The predicted molar refractivity (Wildman–Crippen MR) is 113 cm³/mol. The third kappa shape index (κ3) is 4.64. The van der Waals surface area contributed by atoms with Gasteiger partial charge in [0, 0.05) is 32.4 Å². The van der Waals surface area contributed by atoms with Gasteiger partial charge in [-0.15, -0.1) is 11.3 Å². The summed E-state index contributed by atoms with van der Waals surface area (Å²) in [5.41, 5.74) is 1.08. The molecule has 0 atom stereocenters. The van der Waals surface area contributed by atoms with Crippen LogP contribution >= 0.6 is 11.3 Å². The topological polar surface area (TPSA) is 57.5 Å². The molecule has 0 bridgehead atoms. The van der Waals surface area contributed by atoms with Crippen LogP contribution in [0, 0.1) is 0 Å². The highest BCUT2D eigenvalue weighted by atomic mass is 32.1. The van der Waals surface area contributed by atoms with Crippen LogP contribution < -0.4 is 15.5 Å². The molecule has 2 aromatic heterocycles. The van der Waals surface area contributed by atoms with Crippen molar-refractivity contribution in [3.8, 4) is 0 Å². The molecule has 1 saturated heterocycles. The minimum absolute atomic E-state index is 0.475. The quantitative estimate of drug-likeness (QED) is 0.611. The fourth-order valence-corrected chi connectivity index (χ4v) is 4.89. The molecule has 4 rings (SSSR count). The first kappa shape index (κ1) is 18.3. The number of aromatic nitrogens is 2. The first-order chi connectivity index (χ1) is 13.3. The van der Waals surface area contributed by atoms with Crippen molar-refractivity contribution < 1.29 is 0 Å². The van der Waals surface area contributed by atoms with Gasteiger partial charge in [-0.1, -0.05) is 12.8 Å². The second-order valence-electron chi connectivity index (χ2n) is 7.51. The molecule has 146 valence electrons. The molecule has 6 nitrogen and oxygen atoms in total. The smallest absolute Gasteiger partial charge is 0.191 e. The van der Waals surface area contributed by atoms with Gasteiger partial charge >= 0.3 is 0 Å². The number of hydrogen-bond donors (Lipinski definition) is 2. The highest BCUT2D eigenvalue weighted by Gasteiger charge is 2.21. The fourth-order valence-electron chi connectivity index (χ4n) is 4.10. The van der Waals surface area contributed by atoms with E-state index in [2.05, 4.69) is 55.0 Å². The van der Waals surface area contributed by atoms with Crippen molar-refractivity contribution in [3.63, 3.8) is 0 Å². The van der Waals surface area contributed by atoms with Gasteiger partial charge in [0.2, 0.25) is 0 Å². The van der Waals surface area contributed by atoms with Crippen LogP contribution in [0.2, 0.25) is 0 Å². The maximum atomic E-state index is 4.75. The van der Waals surface area contributed by atoms with Gasteiger partial charge in [-0.2, -0.15) is 5.10 Å². The summed E-state index contributed by atoms with van der Waals surface area (Å²) in [6.45, 7) is 2.91. The molecule has 3 heterocycles. The summed E-state index contributed by atoms with van der Waals surface area (Å²) in [5, 5.41) is 15.3. The van der Waals surface area contributed by atoms with Crippen molar-refractivity contribution in [2.24, 2.45) is 4.99 Å². The van der Waals surface area contributed by atoms with Crippen LogP contribution in [-0.4, -0.2) is 41.9 Å². The molecule has 2 aliphatic rings. The van der Waals surface area contributed by atoms with Gasteiger partial charge in [0.05, 0.1) is 23.3 Å². The van der Waals surface area contributed by atoms with E-state index in [0.29, 0.717) is 18.6 Å². The summed E-state index contributed by atoms with van der Waals surface area (Å²) in [6.07, 6.45) is 9.59. The summed E-state index contributed by atoms with van der Waals surface area (Å²) in [4.78, 5) is 6.88. The second kappa shape index (κ2) is 8.78. The Bertz CT molecular complexity index is 724. The first-order valence-electron chi connectivity index (χ1n) is 10.1. The van der Waals surface area contributed by atoms with E-state index < -0.39 is 0 Å². The molecule has 2 N–H and O–H groups in total. The second-order valence-corrected chi connectivity index (χ2v) is 8.43. The maximum Gasteiger partial charge on any atom is 0.191 e. The van der Waals surface area contributed by atoms with E-state index in [4.69, 9.17) is 5.10 Å². The molecule has 1 aliphatic heterocycles. The predicted octanol–water partition coefficient (Wildman–Crippen LogP) is 3.39. The Labute approximate surface area is 165 Å². The lowest BCUT2D eigenvalue weighted by molar-refractivity contribution is 0.458. The highest BCUT2D eigenvalue weighted by molar-refractivity contribution is 7.14. The van der Waals surface area contributed by atoms with Gasteiger partial charge in [-0.25, -0.2) is 0 Å². The summed E-state index contributed by atoms with van der Waals surface area (Å²) in [7, 11) is 1.84. The molecule has 0 unspecified atom stereocenters. The Morgan fingerprint density at radius 1 is 1.22 bits per heavy atom. The number of nitrogens with one attached hydrogen (secondary N) is 2. The summed E-state index contributed by atoms with van der Waals surface area (Å²) >= 11 is 1.83. The number of piperidine rings is 1. The lowest BCUT2D eigenvalue weighted by Crippen LogP contribution is -2.48. The lowest BCUT2D eigenvalue weighted by Gasteiger charge is -2.33. The molecule has 7 heteroatoms. The lowest BCUT2D eigenvalue weighted by atomic mass is 10.1. The van der Waals surface area contributed by atoms with Gasteiger partial charge in [0.15, 0.2) is 5.96 Å². The SMILES string of the molecule is CN=C(NCc1ccn(C2CCCC2)n1)NC1CCN(c2cccs2)CC1. The van der Waals surface area contributed by atoms with Crippen LogP contribution in [0.5, 0.6) is 0 Å². The van der Waals surface area contributed by atoms with Crippen LogP contribution in [0.3, 0.4) is 0 Å². The van der Waals surface area contributed by atoms with Crippen LogP contribution in [-0.2, 0) is 6.54 Å². The van der Waals surface area contributed by atoms with Crippen LogP contribution in [0.25, 0.3) is 0 Å². The molecule has 0 radical (unpaired) electrons. The zero-order valence-electron chi connectivity index (χ0n) is 16.1. The number of aliphatic imine (C=N–C) groups is 1. The van der Waals surface area contributed by atoms with Gasteiger partial charge in [-0.05, 0) is 49.3 Å². The first-order valence-corrected chi connectivity index (χ1v) is 11.0. The van der Waals surface area contributed by atoms with Crippen molar-refractivity contribution in [2.45, 2.75) is 57.2 Å². The molecular formula is C20H30N6S. The van der Waals surface area contributed by atoms with Gasteiger partial charge in [0.25, 0.3) is 0 Å². The molecule has 1 saturated carbocycles. The van der Waals surface area contributed by atoms with E-state index in [1.165, 1.54) is 30.7 Å². The summed E-state index contributed by atoms with van der Waals surface area (Å²) in [6, 6.07) is 7.54. The molecule has 27 heavy (non-hydrogen) atoms.